The normalized spacial score (nSPS) is 17.3. The fraction of sp³-hybridized carbons (Fsp3) is 0.321. The Labute approximate surface area is 207 Å². The molecule has 1 aliphatic heterocycles. The summed E-state index contributed by atoms with van der Waals surface area (Å²) < 4.78 is 34.1. The highest BCUT2D eigenvalue weighted by atomic mass is 32.2. The second-order valence-corrected chi connectivity index (χ2v) is 11.1. The number of ether oxygens (including phenoxy) is 1. The number of para-hydroxylation sites is 1. The number of nitrogens with zero attached hydrogens (tertiary/aromatic N) is 1. The van der Waals surface area contributed by atoms with Crippen molar-refractivity contribution in [1.82, 2.24) is 5.32 Å². The lowest BCUT2D eigenvalue weighted by Crippen LogP contribution is -2.35. The summed E-state index contributed by atoms with van der Waals surface area (Å²) in [5.74, 6) is 0.315. The van der Waals surface area contributed by atoms with Crippen molar-refractivity contribution < 1.29 is 17.9 Å². The van der Waals surface area contributed by atoms with Gasteiger partial charge in [-0.25, -0.2) is 8.42 Å². The third kappa shape index (κ3) is 4.78. The molecule has 0 saturated heterocycles. The van der Waals surface area contributed by atoms with Crippen molar-refractivity contribution in [1.29, 1.82) is 0 Å². The Balaban J connectivity index is 1.26. The summed E-state index contributed by atoms with van der Waals surface area (Å²) in [7, 11) is -3.70. The zero-order valence-corrected chi connectivity index (χ0v) is 20.7. The predicted molar refractivity (Wildman–Crippen MR) is 136 cm³/mol. The van der Waals surface area contributed by atoms with E-state index in [1.54, 1.807) is 25.1 Å². The number of aryl methyl sites for hydroxylation is 3. The number of anilines is 1. The van der Waals surface area contributed by atoms with E-state index in [1.807, 2.05) is 36.4 Å². The van der Waals surface area contributed by atoms with Crippen LogP contribution in [-0.4, -0.2) is 27.5 Å². The summed E-state index contributed by atoms with van der Waals surface area (Å²) >= 11 is 0. The molecule has 1 amide bonds. The van der Waals surface area contributed by atoms with E-state index in [-0.39, 0.29) is 23.5 Å². The first-order valence-electron chi connectivity index (χ1n) is 12.1. The van der Waals surface area contributed by atoms with E-state index in [1.165, 1.54) is 15.4 Å². The zero-order valence-electron chi connectivity index (χ0n) is 19.9. The van der Waals surface area contributed by atoms with Gasteiger partial charge in [0.25, 0.3) is 15.9 Å². The van der Waals surface area contributed by atoms with Gasteiger partial charge >= 0.3 is 0 Å². The summed E-state index contributed by atoms with van der Waals surface area (Å²) in [5.41, 5.74) is 4.93. The first-order valence-corrected chi connectivity index (χ1v) is 13.6. The second kappa shape index (κ2) is 9.74. The van der Waals surface area contributed by atoms with Gasteiger partial charge < -0.3 is 10.1 Å². The first-order chi connectivity index (χ1) is 16.9. The van der Waals surface area contributed by atoms with E-state index in [2.05, 4.69) is 17.4 Å². The van der Waals surface area contributed by atoms with E-state index in [0.29, 0.717) is 17.9 Å². The average molecular weight is 491 g/mol. The van der Waals surface area contributed by atoms with E-state index in [9.17, 15) is 13.2 Å². The van der Waals surface area contributed by atoms with Crippen LogP contribution in [0.15, 0.2) is 71.6 Å². The van der Waals surface area contributed by atoms with Crippen molar-refractivity contribution >= 4 is 21.6 Å². The Morgan fingerprint density at radius 3 is 2.57 bits per heavy atom. The SMILES string of the molecule is Cc1cc(S(=O)(=O)N2CCCc3ccccc32)ccc1OCC(=O)N[C@@H]1CCCc2ccccc21. The molecule has 0 saturated carbocycles. The standard InChI is InChI=1S/C28H30N2O4S/c1-20-18-23(35(32,33)30-17-7-11-22-9-3-5-14-26(22)30)15-16-27(20)34-19-28(31)29-25-13-6-10-21-8-2-4-12-24(21)25/h2-5,8-9,12,14-16,18,25H,6-7,10-11,13,17,19H2,1H3,(H,29,31)/t25-/m1/s1. The molecule has 0 fully saturated rings. The number of carbonyl (C=O) groups excluding carboxylic acids is 1. The Bertz CT molecular complexity index is 1350. The smallest absolute Gasteiger partial charge is 0.264 e. The third-order valence-corrected chi connectivity index (χ3v) is 8.67. The molecule has 0 unspecified atom stereocenters. The quantitative estimate of drug-likeness (QED) is 0.543. The summed E-state index contributed by atoms with van der Waals surface area (Å²) in [6.07, 6.45) is 4.66. The van der Waals surface area contributed by atoms with E-state index < -0.39 is 10.0 Å². The topological polar surface area (TPSA) is 75.7 Å². The van der Waals surface area contributed by atoms with Crippen molar-refractivity contribution in [3.8, 4) is 5.75 Å². The highest BCUT2D eigenvalue weighted by Gasteiger charge is 2.29. The van der Waals surface area contributed by atoms with Gasteiger partial charge in [-0.1, -0.05) is 42.5 Å². The second-order valence-electron chi connectivity index (χ2n) is 9.24. The average Bonchev–Trinajstić information content (AvgIpc) is 2.88. The number of benzene rings is 3. The van der Waals surface area contributed by atoms with Crippen molar-refractivity contribution in [3.05, 3.63) is 89.0 Å². The maximum atomic E-state index is 13.4. The van der Waals surface area contributed by atoms with Crippen LogP contribution in [-0.2, 0) is 27.7 Å². The zero-order chi connectivity index (χ0) is 24.4. The fourth-order valence-electron chi connectivity index (χ4n) is 5.10. The molecule has 7 heteroatoms. The van der Waals surface area contributed by atoms with Crippen LogP contribution in [0.4, 0.5) is 5.69 Å². The first kappa shape index (κ1) is 23.4. The molecule has 6 nitrogen and oxygen atoms in total. The molecule has 1 N–H and O–H groups in total. The molecule has 0 radical (unpaired) electrons. The van der Waals surface area contributed by atoms with Gasteiger partial charge in [-0.05, 0) is 85.5 Å². The van der Waals surface area contributed by atoms with Crippen LogP contribution in [0, 0.1) is 6.92 Å². The molecule has 3 aromatic carbocycles. The van der Waals surface area contributed by atoms with Gasteiger partial charge in [-0.15, -0.1) is 0 Å². The van der Waals surface area contributed by atoms with Crippen LogP contribution >= 0.6 is 0 Å². The maximum absolute atomic E-state index is 13.4. The minimum absolute atomic E-state index is 0.00270. The Morgan fingerprint density at radius 1 is 1.00 bits per heavy atom. The van der Waals surface area contributed by atoms with Gasteiger partial charge in [0.1, 0.15) is 5.75 Å². The highest BCUT2D eigenvalue weighted by molar-refractivity contribution is 7.92. The molecule has 3 aromatic rings. The van der Waals surface area contributed by atoms with Crippen LogP contribution in [0.3, 0.4) is 0 Å². The van der Waals surface area contributed by atoms with E-state index in [4.69, 9.17) is 4.74 Å². The monoisotopic (exact) mass is 490 g/mol. The van der Waals surface area contributed by atoms with Gasteiger partial charge in [0.15, 0.2) is 6.61 Å². The summed E-state index contributed by atoms with van der Waals surface area (Å²) in [6.45, 7) is 2.14. The van der Waals surface area contributed by atoms with Crippen LogP contribution < -0.4 is 14.4 Å². The lowest BCUT2D eigenvalue weighted by molar-refractivity contribution is -0.124. The fourth-order valence-corrected chi connectivity index (χ4v) is 6.73. The number of nitrogens with one attached hydrogen (secondary N) is 1. The molecule has 1 aliphatic carbocycles. The van der Waals surface area contributed by atoms with Gasteiger partial charge in [0, 0.05) is 6.54 Å². The number of sulfonamides is 1. The van der Waals surface area contributed by atoms with Crippen LogP contribution in [0.25, 0.3) is 0 Å². The number of hydrogen-bond donors (Lipinski definition) is 1. The molecule has 0 spiro atoms. The van der Waals surface area contributed by atoms with Crippen molar-refractivity contribution in [3.63, 3.8) is 0 Å². The van der Waals surface area contributed by atoms with Crippen molar-refractivity contribution in [2.45, 2.75) is 50.0 Å². The van der Waals surface area contributed by atoms with Gasteiger partial charge in [-0.3, -0.25) is 9.10 Å². The molecule has 5 rings (SSSR count). The van der Waals surface area contributed by atoms with Gasteiger partial charge in [0.05, 0.1) is 16.6 Å². The minimum Gasteiger partial charge on any atom is -0.484 e. The van der Waals surface area contributed by atoms with Gasteiger partial charge in [0.2, 0.25) is 0 Å². The summed E-state index contributed by atoms with van der Waals surface area (Å²) in [5, 5.41) is 3.09. The largest absolute Gasteiger partial charge is 0.484 e. The summed E-state index contributed by atoms with van der Waals surface area (Å²) in [6, 6.07) is 20.7. The lowest BCUT2D eigenvalue weighted by Gasteiger charge is -2.30. The number of fused-ring (bicyclic) bond motifs is 2. The van der Waals surface area contributed by atoms with Gasteiger partial charge in [-0.2, -0.15) is 0 Å². The Kier molecular flexibility index (Phi) is 6.52. The van der Waals surface area contributed by atoms with Crippen LogP contribution in [0.1, 0.15) is 47.6 Å². The van der Waals surface area contributed by atoms with Crippen molar-refractivity contribution in [2.75, 3.05) is 17.5 Å². The molecule has 0 aromatic heterocycles. The third-order valence-electron chi connectivity index (χ3n) is 6.87. The molecular weight excluding hydrogens is 460 g/mol. The molecule has 182 valence electrons. The van der Waals surface area contributed by atoms with E-state index in [0.717, 1.165) is 43.4 Å². The number of rotatable bonds is 6. The molecule has 1 heterocycles. The predicted octanol–water partition coefficient (Wildman–Crippen LogP) is 4.71. The number of carbonyl (C=O) groups is 1. The molecular formula is C28H30N2O4S. The minimum atomic E-state index is -3.70. The molecule has 0 bridgehead atoms. The van der Waals surface area contributed by atoms with Crippen molar-refractivity contribution in [2.24, 2.45) is 0 Å². The summed E-state index contributed by atoms with van der Waals surface area (Å²) in [4.78, 5) is 12.8. The molecule has 35 heavy (non-hydrogen) atoms. The molecule has 1 atom stereocenters. The van der Waals surface area contributed by atoms with E-state index >= 15 is 0 Å². The number of hydrogen-bond acceptors (Lipinski definition) is 4. The Hall–Kier alpha value is -3.32. The Morgan fingerprint density at radius 2 is 1.74 bits per heavy atom. The van der Waals surface area contributed by atoms with Crippen LogP contribution in [0.2, 0.25) is 0 Å². The maximum Gasteiger partial charge on any atom is 0.264 e. The lowest BCUT2D eigenvalue weighted by atomic mass is 9.88. The number of amides is 1. The molecule has 2 aliphatic rings. The highest BCUT2D eigenvalue weighted by Crippen LogP contribution is 2.33. The van der Waals surface area contributed by atoms with Crippen LogP contribution in [0.5, 0.6) is 5.75 Å².